The molecule has 0 aliphatic carbocycles. The van der Waals surface area contributed by atoms with E-state index >= 15 is 0 Å². The first-order valence-corrected chi connectivity index (χ1v) is 8.56. The number of ether oxygens (including phenoxy) is 1. The van der Waals surface area contributed by atoms with Crippen molar-refractivity contribution in [1.29, 1.82) is 0 Å². The van der Waals surface area contributed by atoms with Crippen molar-refractivity contribution in [2.24, 2.45) is 0 Å². The van der Waals surface area contributed by atoms with E-state index in [1.54, 1.807) is 7.11 Å². The van der Waals surface area contributed by atoms with Crippen molar-refractivity contribution in [2.75, 3.05) is 38.2 Å². The smallest absolute Gasteiger partial charge is 0.226 e. The summed E-state index contributed by atoms with van der Waals surface area (Å²) in [5.74, 6) is 1.71. The fourth-order valence-corrected chi connectivity index (χ4v) is 3.86. The number of aromatic nitrogens is 2. The van der Waals surface area contributed by atoms with E-state index in [4.69, 9.17) is 14.7 Å². The van der Waals surface area contributed by atoms with Gasteiger partial charge in [0, 0.05) is 37.1 Å². The topological polar surface area (TPSA) is 41.5 Å². The molecule has 0 radical (unpaired) electrons. The summed E-state index contributed by atoms with van der Waals surface area (Å²) in [5.41, 5.74) is 2.01. The van der Waals surface area contributed by atoms with E-state index in [-0.39, 0.29) is 0 Å². The Morgan fingerprint density at radius 2 is 2.04 bits per heavy atom. The highest BCUT2D eigenvalue weighted by molar-refractivity contribution is 5.83. The molecule has 0 spiro atoms. The molecule has 3 heterocycles. The number of methoxy groups -OCH3 is 1. The van der Waals surface area contributed by atoms with Crippen molar-refractivity contribution >= 4 is 16.9 Å². The van der Waals surface area contributed by atoms with Gasteiger partial charge in [-0.15, -0.1) is 0 Å². The van der Waals surface area contributed by atoms with Crippen LogP contribution in [0.1, 0.15) is 25.0 Å². The Labute approximate surface area is 137 Å². The maximum absolute atomic E-state index is 5.34. The van der Waals surface area contributed by atoms with Crippen LogP contribution in [0.25, 0.3) is 10.9 Å². The van der Waals surface area contributed by atoms with Gasteiger partial charge in [0.1, 0.15) is 5.75 Å². The molecule has 2 fully saturated rings. The number of piperazine rings is 1. The lowest BCUT2D eigenvalue weighted by molar-refractivity contribution is 0.133. The van der Waals surface area contributed by atoms with Crippen LogP contribution >= 0.6 is 0 Å². The number of rotatable bonds is 2. The van der Waals surface area contributed by atoms with Gasteiger partial charge in [-0.3, -0.25) is 4.90 Å². The molecule has 0 bridgehead atoms. The second-order valence-electron chi connectivity index (χ2n) is 6.62. The number of hydrogen-bond donors (Lipinski definition) is 0. The van der Waals surface area contributed by atoms with E-state index in [1.165, 1.54) is 25.8 Å². The van der Waals surface area contributed by atoms with E-state index in [2.05, 4.69) is 16.7 Å². The van der Waals surface area contributed by atoms with Gasteiger partial charge in [0.15, 0.2) is 0 Å². The summed E-state index contributed by atoms with van der Waals surface area (Å²) in [6.45, 7) is 6.52. The van der Waals surface area contributed by atoms with Crippen LogP contribution in [0.3, 0.4) is 0 Å². The molecule has 5 heteroatoms. The average Bonchev–Trinajstić information content (AvgIpc) is 2.60. The predicted octanol–water partition coefficient (Wildman–Crippen LogP) is 2.62. The third-order valence-electron chi connectivity index (χ3n) is 5.20. The first-order valence-electron chi connectivity index (χ1n) is 8.56. The van der Waals surface area contributed by atoms with Gasteiger partial charge in [-0.05, 0) is 38.4 Å². The van der Waals surface area contributed by atoms with Gasteiger partial charge in [0.2, 0.25) is 5.95 Å². The molecule has 122 valence electrons. The van der Waals surface area contributed by atoms with E-state index in [9.17, 15) is 0 Å². The minimum atomic E-state index is 0.669. The maximum Gasteiger partial charge on any atom is 0.226 e. The predicted molar refractivity (Wildman–Crippen MR) is 92.3 cm³/mol. The zero-order valence-corrected chi connectivity index (χ0v) is 14.0. The fourth-order valence-electron chi connectivity index (χ4n) is 3.86. The molecule has 0 saturated carbocycles. The summed E-state index contributed by atoms with van der Waals surface area (Å²) >= 11 is 0. The standard InChI is InChI=1S/C18H24N4O/c1-13-16-7-6-15(23-2)11-17(16)20-18(19-13)22-10-9-21-8-4-3-5-14(21)12-22/h6-7,11,14H,3-5,8-10,12H2,1-2H3/t14-/m1/s1. The van der Waals surface area contributed by atoms with Crippen molar-refractivity contribution in [3.63, 3.8) is 0 Å². The number of fused-ring (bicyclic) bond motifs is 2. The Morgan fingerprint density at radius 1 is 1.13 bits per heavy atom. The first-order chi connectivity index (χ1) is 11.2. The zero-order chi connectivity index (χ0) is 15.8. The lowest BCUT2D eigenvalue weighted by Gasteiger charge is -2.44. The fraction of sp³-hybridized carbons (Fsp3) is 0.556. The summed E-state index contributed by atoms with van der Waals surface area (Å²) in [6.07, 6.45) is 4.00. The van der Waals surface area contributed by atoms with Crippen LogP contribution in [0.4, 0.5) is 5.95 Å². The lowest BCUT2D eigenvalue weighted by Crippen LogP contribution is -2.55. The van der Waals surface area contributed by atoms with Gasteiger partial charge >= 0.3 is 0 Å². The molecule has 4 rings (SSSR count). The lowest BCUT2D eigenvalue weighted by atomic mass is 10.00. The second kappa shape index (κ2) is 5.96. The number of benzene rings is 1. The SMILES string of the molecule is COc1ccc2c(C)nc(N3CCN4CCCC[C@@H]4C3)nc2c1. The molecule has 23 heavy (non-hydrogen) atoms. The van der Waals surface area contributed by atoms with Crippen molar-refractivity contribution in [1.82, 2.24) is 14.9 Å². The molecule has 1 aromatic heterocycles. The van der Waals surface area contributed by atoms with Crippen LogP contribution in [0.15, 0.2) is 18.2 Å². The Morgan fingerprint density at radius 3 is 2.91 bits per heavy atom. The quantitative estimate of drug-likeness (QED) is 0.852. The molecule has 0 amide bonds. The molecule has 5 nitrogen and oxygen atoms in total. The molecule has 2 aromatic rings. The minimum Gasteiger partial charge on any atom is -0.497 e. The number of nitrogens with zero attached hydrogens (tertiary/aromatic N) is 4. The van der Waals surface area contributed by atoms with Crippen molar-refractivity contribution in [3.05, 3.63) is 23.9 Å². The van der Waals surface area contributed by atoms with Crippen molar-refractivity contribution in [3.8, 4) is 5.75 Å². The molecule has 2 saturated heterocycles. The molecule has 2 aliphatic heterocycles. The largest absolute Gasteiger partial charge is 0.497 e. The Kier molecular flexibility index (Phi) is 3.81. The van der Waals surface area contributed by atoms with E-state index in [1.807, 2.05) is 18.2 Å². The summed E-state index contributed by atoms with van der Waals surface area (Å²) in [5, 5.41) is 1.10. The molecular formula is C18H24N4O. The molecule has 1 atom stereocenters. The Hall–Kier alpha value is -1.88. The third-order valence-corrected chi connectivity index (χ3v) is 5.20. The highest BCUT2D eigenvalue weighted by atomic mass is 16.5. The van der Waals surface area contributed by atoms with Gasteiger partial charge in [-0.2, -0.15) is 0 Å². The van der Waals surface area contributed by atoms with Gasteiger partial charge in [-0.1, -0.05) is 6.42 Å². The molecule has 1 aromatic carbocycles. The summed E-state index contributed by atoms with van der Waals surface area (Å²) in [7, 11) is 1.69. The second-order valence-corrected chi connectivity index (χ2v) is 6.62. The Balaban J connectivity index is 1.65. The number of piperidine rings is 1. The van der Waals surface area contributed by atoms with Crippen LogP contribution in [-0.2, 0) is 0 Å². The first kappa shape index (κ1) is 14.7. The maximum atomic E-state index is 5.34. The van der Waals surface area contributed by atoms with Crippen molar-refractivity contribution < 1.29 is 4.74 Å². The summed E-state index contributed by atoms with van der Waals surface area (Å²) in [4.78, 5) is 14.6. The molecule has 0 unspecified atom stereocenters. The highest BCUT2D eigenvalue weighted by Crippen LogP contribution is 2.26. The van der Waals surface area contributed by atoms with E-state index in [0.717, 1.165) is 47.9 Å². The van der Waals surface area contributed by atoms with Crippen LogP contribution in [0, 0.1) is 6.92 Å². The monoisotopic (exact) mass is 312 g/mol. The van der Waals surface area contributed by atoms with E-state index in [0.29, 0.717) is 6.04 Å². The summed E-state index contributed by atoms with van der Waals surface area (Å²) in [6, 6.07) is 6.69. The van der Waals surface area contributed by atoms with Crippen LogP contribution in [0.5, 0.6) is 5.75 Å². The van der Waals surface area contributed by atoms with Gasteiger partial charge in [0.05, 0.1) is 18.3 Å². The number of hydrogen-bond acceptors (Lipinski definition) is 5. The van der Waals surface area contributed by atoms with Gasteiger partial charge in [-0.25, -0.2) is 9.97 Å². The average molecular weight is 312 g/mol. The van der Waals surface area contributed by atoms with Crippen LogP contribution < -0.4 is 9.64 Å². The van der Waals surface area contributed by atoms with Gasteiger partial charge in [0.25, 0.3) is 0 Å². The van der Waals surface area contributed by atoms with E-state index < -0.39 is 0 Å². The normalized spacial score (nSPS) is 22.2. The van der Waals surface area contributed by atoms with Crippen LogP contribution in [0.2, 0.25) is 0 Å². The minimum absolute atomic E-state index is 0.669. The number of aryl methyl sites for hydroxylation is 1. The molecular weight excluding hydrogens is 288 g/mol. The number of anilines is 1. The Bertz CT molecular complexity index is 717. The zero-order valence-electron chi connectivity index (χ0n) is 14.0. The highest BCUT2D eigenvalue weighted by Gasteiger charge is 2.30. The van der Waals surface area contributed by atoms with Crippen molar-refractivity contribution in [2.45, 2.75) is 32.2 Å². The third kappa shape index (κ3) is 2.74. The molecule has 2 aliphatic rings. The van der Waals surface area contributed by atoms with Crippen LogP contribution in [-0.4, -0.2) is 54.2 Å². The molecule has 0 N–H and O–H groups in total. The van der Waals surface area contributed by atoms with Gasteiger partial charge < -0.3 is 9.64 Å². The summed E-state index contributed by atoms with van der Waals surface area (Å²) < 4.78 is 5.34.